The number of hydrogen-bond donors (Lipinski definition) is 3. The molecule has 6 rings (SSSR count). The number of nitrogens with one attached hydrogen (secondary N) is 1. The summed E-state index contributed by atoms with van der Waals surface area (Å²) >= 11 is 0. The summed E-state index contributed by atoms with van der Waals surface area (Å²) in [5, 5.41) is 39.0. The number of methoxy groups -OCH3 is 2. The molecule has 17 heteroatoms. The zero-order valence-electron chi connectivity index (χ0n) is 39.2. The molecule has 1 aliphatic heterocycles. The van der Waals surface area contributed by atoms with Gasteiger partial charge in [0, 0.05) is 55.9 Å². The Labute approximate surface area is 391 Å². The Bertz CT molecular complexity index is 2280. The number of fused-ring (bicyclic) bond motifs is 2. The van der Waals surface area contributed by atoms with E-state index in [4.69, 9.17) is 38.4 Å². The van der Waals surface area contributed by atoms with Gasteiger partial charge in [0.2, 0.25) is 5.79 Å². The Morgan fingerprint density at radius 1 is 0.970 bits per heavy atom. The van der Waals surface area contributed by atoms with Crippen LogP contribution in [-0.2, 0) is 9.57 Å². The fourth-order valence-electron chi connectivity index (χ4n) is 9.46. The van der Waals surface area contributed by atoms with Crippen molar-refractivity contribution in [2.24, 2.45) is 22.9 Å². The quantitative estimate of drug-likeness (QED) is 0.0394. The maximum atomic E-state index is 14.7. The van der Waals surface area contributed by atoms with Crippen molar-refractivity contribution in [2.75, 3.05) is 45.9 Å². The normalized spacial score (nSPS) is 22.2. The number of unbranched alkanes of at least 4 members (excludes halogenated alkanes) is 2. The lowest BCUT2D eigenvalue weighted by Gasteiger charge is -2.60. The van der Waals surface area contributed by atoms with Crippen molar-refractivity contribution in [3.05, 3.63) is 101 Å². The SMILES string of the molecule is C=CCOC12Oc3ccc(OC(=O)Nc4ccc(OC)cc4OC)cc3C3C(CCCCO)C(CCCCO)C=C(C(=NOC(C)(C)C)CC1N(CCC)C(=O)Oc1ccc([N+](=O)[O-])cc1)C32. The molecule has 0 radical (unpaired) electrons. The lowest BCUT2D eigenvalue weighted by molar-refractivity contribution is -0.384. The van der Waals surface area contributed by atoms with Gasteiger partial charge in [-0.05, 0) is 113 Å². The highest BCUT2D eigenvalue weighted by Gasteiger charge is 2.65. The standard InChI is InChI=1S/C50H64N4O13/c1-8-24-53(48(58)65-34-18-16-33(17-19-34)54(59)60)44-31-41(52-67-49(3,4)5)38-28-32(14-10-12-25-55)37(15-11-13-26-56)45-39-29-36(21-23-42(39)66-50(44,46(38)45)63-27-9-2)64-47(57)51-40-22-20-35(61-6)30-43(40)62-7/h9,16-23,28-30,32,37,44-46,55-56H,2,8,10-15,24-27,31H2,1,3-7H3,(H,51,57). The van der Waals surface area contributed by atoms with Crippen LogP contribution in [0.4, 0.5) is 21.0 Å². The molecule has 2 aliphatic carbocycles. The number of aliphatic hydroxyl groups excluding tert-OH is 2. The summed E-state index contributed by atoms with van der Waals surface area (Å²) in [5.41, 5.74) is 1.69. The molecule has 3 aromatic carbocycles. The van der Waals surface area contributed by atoms with E-state index in [9.17, 15) is 29.9 Å². The molecule has 17 nitrogen and oxygen atoms in total. The first-order chi connectivity index (χ1) is 32.2. The minimum absolute atomic E-state index is 0.0150. The zero-order chi connectivity index (χ0) is 48.3. The van der Waals surface area contributed by atoms with Crippen LogP contribution < -0.4 is 29.0 Å². The number of carbonyl (C=O) groups is 2. The van der Waals surface area contributed by atoms with Gasteiger partial charge in [-0.3, -0.25) is 20.3 Å². The van der Waals surface area contributed by atoms with Crippen LogP contribution in [0.5, 0.6) is 28.7 Å². The maximum absolute atomic E-state index is 14.7. The number of nitrogens with zero attached hydrogens (tertiary/aromatic N) is 3. The number of rotatable bonds is 21. The number of amides is 2. The first-order valence-electron chi connectivity index (χ1n) is 22.9. The summed E-state index contributed by atoms with van der Waals surface area (Å²) in [4.78, 5) is 46.9. The highest BCUT2D eigenvalue weighted by Crippen LogP contribution is 2.62. The minimum atomic E-state index is -1.59. The van der Waals surface area contributed by atoms with Crippen molar-refractivity contribution in [1.82, 2.24) is 4.90 Å². The van der Waals surface area contributed by atoms with Gasteiger partial charge in [-0.25, -0.2) is 9.59 Å². The second kappa shape index (κ2) is 22.5. The highest BCUT2D eigenvalue weighted by molar-refractivity contribution is 6.03. The number of aliphatic hydroxyl groups is 2. The van der Waals surface area contributed by atoms with Crippen molar-refractivity contribution in [3.8, 4) is 28.7 Å². The molecule has 1 fully saturated rings. The summed E-state index contributed by atoms with van der Waals surface area (Å²) in [6.45, 7) is 11.9. The zero-order valence-corrected chi connectivity index (χ0v) is 39.2. The topological polar surface area (TPSA) is 210 Å². The van der Waals surface area contributed by atoms with Crippen LogP contribution in [0.25, 0.3) is 0 Å². The first kappa shape index (κ1) is 50.2. The second-order valence-corrected chi connectivity index (χ2v) is 17.9. The molecular formula is C50H64N4O13. The van der Waals surface area contributed by atoms with Gasteiger partial charge in [0.25, 0.3) is 5.69 Å². The molecule has 3 N–H and O–H groups in total. The van der Waals surface area contributed by atoms with Gasteiger partial charge in [-0.2, -0.15) is 0 Å². The van der Waals surface area contributed by atoms with Crippen LogP contribution in [0.3, 0.4) is 0 Å². The molecule has 0 aromatic heterocycles. The lowest BCUT2D eigenvalue weighted by atomic mass is 9.55. The fraction of sp³-hybridized carbons (Fsp3) is 0.500. The lowest BCUT2D eigenvalue weighted by Crippen LogP contribution is -2.70. The van der Waals surface area contributed by atoms with Gasteiger partial charge >= 0.3 is 12.2 Å². The molecule has 67 heavy (non-hydrogen) atoms. The summed E-state index contributed by atoms with van der Waals surface area (Å²) in [5.74, 6) is -1.06. The van der Waals surface area contributed by atoms with Gasteiger partial charge in [0.1, 0.15) is 40.4 Å². The van der Waals surface area contributed by atoms with E-state index in [0.29, 0.717) is 60.8 Å². The van der Waals surface area contributed by atoms with Crippen LogP contribution in [0, 0.1) is 27.9 Å². The van der Waals surface area contributed by atoms with Crippen molar-refractivity contribution in [3.63, 3.8) is 0 Å². The molecule has 1 heterocycles. The number of allylic oxidation sites excluding steroid dienone is 1. The van der Waals surface area contributed by atoms with Crippen LogP contribution in [-0.4, -0.2) is 95.9 Å². The Kier molecular flexibility index (Phi) is 16.9. The third kappa shape index (κ3) is 11.7. The average Bonchev–Trinajstić information content (AvgIpc) is 3.30. The predicted octanol–water partition coefficient (Wildman–Crippen LogP) is 9.57. The molecule has 6 atom stereocenters. The maximum Gasteiger partial charge on any atom is 0.417 e. The van der Waals surface area contributed by atoms with Gasteiger partial charge < -0.3 is 43.5 Å². The summed E-state index contributed by atoms with van der Waals surface area (Å²) < 4.78 is 37.0. The van der Waals surface area contributed by atoms with Crippen LogP contribution in [0.2, 0.25) is 0 Å². The van der Waals surface area contributed by atoms with E-state index < -0.39 is 46.4 Å². The van der Waals surface area contributed by atoms with E-state index in [1.54, 1.807) is 41.3 Å². The van der Waals surface area contributed by atoms with E-state index in [0.717, 1.165) is 24.0 Å². The second-order valence-electron chi connectivity index (χ2n) is 17.9. The first-order valence-corrected chi connectivity index (χ1v) is 22.9. The average molecular weight is 929 g/mol. The highest BCUT2D eigenvalue weighted by atomic mass is 16.7. The number of ether oxygens (including phenoxy) is 6. The molecule has 362 valence electrons. The summed E-state index contributed by atoms with van der Waals surface area (Å²) in [6, 6.07) is 14.6. The molecule has 2 amide bonds. The number of anilines is 1. The van der Waals surface area contributed by atoms with Crippen molar-refractivity contribution >= 4 is 29.3 Å². The van der Waals surface area contributed by atoms with Crippen LogP contribution >= 0.6 is 0 Å². The molecular weight excluding hydrogens is 865 g/mol. The van der Waals surface area contributed by atoms with E-state index in [2.05, 4.69) is 18.0 Å². The van der Waals surface area contributed by atoms with Gasteiger partial charge in [-0.1, -0.05) is 37.1 Å². The number of hydrogen-bond acceptors (Lipinski definition) is 14. The van der Waals surface area contributed by atoms with Crippen molar-refractivity contribution in [1.29, 1.82) is 0 Å². The van der Waals surface area contributed by atoms with Crippen molar-refractivity contribution < 1.29 is 58.0 Å². The van der Waals surface area contributed by atoms with Gasteiger partial charge in [0.05, 0.1) is 43.1 Å². The fourth-order valence-corrected chi connectivity index (χ4v) is 9.46. The number of carbonyl (C=O) groups excluding carboxylic acids is 2. The Morgan fingerprint density at radius 3 is 2.31 bits per heavy atom. The van der Waals surface area contributed by atoms with Gasteiger partial charge in [-0.15, -0.1) is 6.58 Å². The Balaban J connectivity index is 1.54. The molecule has 0 spiro atoms. The predicted molar refractivity (Wildman–Crippen MR) is 251 cm³/mol. The number of nitro benzene ring substituents is 1. The van der Waals surface area contributed by atoms with Crippen LogP contribution in [0.15, 0.2) is 90.1 Å². The summed E-state index contributed by atoms with van der Waals surface area (Å²) in [6.07, 6.45) is 7.05. The number of benzene rings is 3. The van der Waals surface area contributed by atoms with Crippen molar-refractivity contribution in [2.45, 2.75) is 102 Å². The Hall–Kier alpha value is -6.17. The smallest absolute Gasteiger partial charge is 0.417 e. The van der Waals surface area contributed by atoms with Crippen LogP contribution in [0.1, 0.15) is 90.5 Å². The third-order valence-electron chi connectivity index (χ3n) is 12.3. The Morgan fingerprint density at radius 2 is 1.67 bits per heavy atom. The van der Waals surface area contributed by atoms with E-state index in [-0.39, 0.29) is 61.8 Å². The summed E-state index contributed by atoms with van der Waals surface area (Å²) in [7, 11) is 3.02. The molecule has 3 aromatic rings. The van der Waals surface area contributed by atoms with E-state index in [1.807, 2.05) is 33.8 Å². The molecule has 6 unspecified atom stereocenters. The third-order valence-corrected chi connectivity index (χ3v) is 12.3. The molecule has 1 saturated carbocycles. The molecule has 3 aliphatic rings. The monoisotopic (exact) mass is 928 g/mol. The number of nitro groups is 1. The van der Waals surface area contributed by atoms with E-state index >= 15 is 0 Å². The molecule has 0 bridgehead atoms. The number of oxime groups is 1. The molecule has 0 saturated heterocycles. The largest absolute Gasteiger partial charge is 0.497 e. The minimum Gasteiger partial charge on any atom is -0.497 e. The van der Waals surface area contributed by atoms with E-state index in [1.165, 1.54) is 38.5 Å². The number of non-ortho nitro benzene ring substituents is 1. The van der Waals surface area contributed by atoms with Gasteiger partial charge in [0.15, 0.2) is 0 Å².